The average Bonchev–Trinajstić information content (AvgIpc) is 2.69. The van der Waals surface area contributed by atoms with Crippen molar-refractivity contribution in [3.63, 3.8) is 0 Å². The molecule has 0 amide bonds. The van der Waals surface area contributed by atoms with Gasteiger partial charge in [-0.1, -0.05) is 41.4 Å². The number of aldehydes is 2. The number of aromatic nitrogens is 1. The summed E-state index contributed by atoms with van der Waals surface area (Å²) in [7, 11) is 0. The van der Waals surface area contributed by atoms with Crippen LogP contribution in [0.4, 0.5) is 5.69 Å². The number of para-hydroxylation sites is 1. The number of rotatable bonds is 5. The predicted octanol–water partition coefficient (Wildman–Crippen LogP) is 3.38. The number of halogens is 2. The number of hydrogen-bond donors (Lipinski definition) is 0. The van der Waals surface area contributed by atoms with E-state index in [0.717, 1.165) is 0 Å². The van der Waals surface area contributed by atoms with Gasteiger partial charge in [-0.2, -0.15) is 0 Å². The Hall–Kier alpha value is -2.18. The number of benzene rings is 1. The summed E-state index contributed by atoms with van der Waals surface area (Å²) in [5.74, 6) is 0. The average molecular weight is 327 g/mol. The zero-order valence-corrected chi connectivity index (χ0v) is 12.0. The van der Waals surface area contributed by atoms with Gasteiger partial charge in [0.25, 0.3) is 5.69 Å². The van der Waals surface area contributed by atoms with Gasteiger partial charge in [-0.05, 0) is 0 Å². The number of hydrogen-bond acceptors (Lipinski definition) is 4. The number of nitro benzene ring substituents is 1. The van der Waals surface area contributed by atoms with E-state index < -0.39 is 4.92 Å². The van der Waals surface area contributed by atoms with Gasteiger partial charge in [0.15, 0.2) is 12.6 Å². The van der Waals surface area contributed by atoms with Crippen molar-refractivity contribution in [2.75, 3.05) is 0 Å². The number of nitrogens with zero attached hydrogens (tertiary/aromatic N) is 2. The first kappa shape index (κ1) is 15.2. The van der Waals surface area contributed by atoms with Crippen LogP contribution in [0.3, 0.4) is 0 Å². The molecular formula is C13H8Cl2N2O4. The van der Waals surface area contributed by atoms with Gasteiger partial charge < -0.3 is 4.57 Å². The molecule has 0 spiro atoms. The minimum absolute atomic E-state index is 0.00178. The Morgan fingerprint density at radius 3 is 2.43 bits per heavy atom. The first-order valence-corrected chi connectivity index (χ1v) is 6.47. The molecule has 6 nitrogen and oxygen atoms in total. The van der Waals surface area contributed by atoms with Crippen LogP contribution in [-0.4, -0.2) is 22.1 Å². The highest BCUT2D eigenvalue weighted by molar-refractivity contribution is 6.40. The molecule has 0 saturated carbocycles. The van der Waals surface area contributed by atoms with Crippen LogP contribution in [0.1, 0.15) is 26.4 Å². The van der Waals surface area contributed by atoms with E-state index in [2.05, 4.69) is 0 Å². The summed E-state index contributed by atoms with van der Waals surface area (Å²) >= 11 is 11.9. The molecule has 2 aromatic rings. The maximum absolute atomic E-state index is 11.1. The third kappa shape index (κ3) is 2.68. The zero-order chi connectivity index (χ0) is 15.6. The fourth-order valence-electron chi connectivity index (χ4n) is 1.96. The second kappa shape index (κ2) is 6.07. The fraction of sp³-hybridized carbons (Fsp3) is 0.0769. The second-order valence-electron chi connectivity index (χ2n) is 4.11. The Labute approximate surface area is 129 Å². The lowest BCUT2D eigenvalue weighted by Crippen LogP contribution is -2.06. The summed E-state index contributed by atoms with van der Waals surface area (Å²) < 4.78 is 1.27. The largest absolute Gasteiger partial charge is 0.323 e. The Kier molecular flexibility index (Phi) is 4.40. The van der Waals surface area contributed by atoms with Gasteiger partial charge in [0.1, 0.15) is 10.8 Å². The molecule has 8 heteroatoms. The van der Waals surface area contributed by atoms with Gasteiger partial charge in [-0.15, -0.1) is 0 Å². The third-order valence-electron chi connectivity index (χ3n) is 2.96. The normalized spacial score (nSPS) is 10.4. The first-order valence-electron chi connectivity index (χ1n) is 5.71. The quantitative estimate of drug-likeness (QED) is 0.479. The predicted molar refractivity (Wildman–Crippen MR) is 77.4 cm³/mol. The van der Waals surface area contributed by atoms with E-state index in [1.807, 2.05) is 0 Å². The van der Waals surface area contributed by atoms with Gasteiger partial charge >= 0.3 is 0 Å². The number of carbonyl (C=O) groups is 2. The molecule has 108 valence electrons. The van der Waals surface area contributed by atoms with Gasteiger partial charge in [0.05, 0.1) is 22.1 Å². The minimum atomic E-state index is -0.532. The van der Waals surface area contributed by atoms with E-state index in [4.69, 9.17) is 23.2 Å². The Morgan fingerprint density at radius 2 is 1.86 bits per heavy atom. The smallest absolute Gasteiger partial charge is 0.274 e. The van der Waals surface area contributed by atoms with Crippen LogP contribution >= 0.6 is 23.2 Å². The summed E-state index contributed by atoms with van der Waals surface area (Å²) in [6.07, 6.45) is 0.892. The lowest BCUT2D eigenvalue weighted by atomic mass is 10.2. The van der Waals surface area contributed by atoms with Crippen LogP contribution < -0.4 is 0 Å². The molecule has 0 aliphatic carbocycles. The molecule has 1 aromatic heterocycles. The molecule has 1 aromatic carbocycles. The SMILES string of the molecule is O=Cc1c(Cl)c(C=O)n(Cc2ccccc2[N+](=O)[O-])c1Cl. The molecule has 0 radical (unpaired) electrons. The lowest BCUT2D eigenvalue weighted by Gasteiger charge is -2.08. The van der Waals surface area contributed by atoms with Gasteiger partial charge in [-0.25, -0.2) is 0 Å². The van der Waals surface area contributed by atoms with E-state index in [1.165, 1.54) is 22.8 Å². The van der Waals surface area contributed by atoms with Crippen molar-refractivity contribution in [3.8, 4) is 0 Å². The molecule has 0 bridgehead atoms. The third-order valence-corrected chi connectivity index (χ3v) is 3.76. The van der Waals surface area contributed by atoms with Crippen LogP contribution in [0.5, 0.6) is 0 Å². The molecule has 0 N–H and O–H groups in total. The molecule has 0 atom stereocenters. The van der Waals surface area contributed by atoms with Gasteiger partial charge in [0, 0.05) is 11.6 Å². The van der Waals surface area contributed by atoms with Crippen LogP contribution in [0.15, 0.2) is 24.3 Å². The van der Waals surface area contributed by atoms with Crippen LogP contribution in [0.2, 0.25) is 10.2 Å². The van der Waals surface area contributed by atoms with Crippen LogP contribution in [0, 0.1) is 10.1 Å². The fourth-order valence-corrected chi connectivity index (χ4v) is 2.58. The van der Waals surface area contributed by atoms with Crippen molar-refractivity contribution in [1.82, 2.24) is 4.57 Å². The zero-order valence-electron chi connectivity index (χ0n) is 10.5. The molecule has 1 heterocycles. The van der Waals surface area contributed by atoms with E-state index in [1.54, 1.807) is 6.07 Å². The minimum Gasteiger partial charge on any atom is -0.323 e. The molecule has 21 heavy (non-hydrogen) atoms. The number of nitro groups is 1. The summed E-state index contributed by atoms with van der Waals surface area (Å²) in [6.45, 7) is -0.0440. The lowest BCUT2D eigenvalue weighted by molar-refractivity contribution is -0.385. The van der Waals surface area contributed by atoms with E-state index in [-0.39, 0.29) is 33.7 Å². The molecular weight excluding hydrogens is 319 g/mol. The van der Waals surface area contributed by atoms with Gasteiger partial charge in [-0.3, -0.25) is 19.7 Å². The highest BCUT2D eigenvalue weighted by atomic mass is 35.5. The summed E-state index contributed by atoms with van der Waals surface area (Å²) in [5, 5.41) is 10.9. The molecule has 0 saturated heterocycles. The second-order valence-corrected chi connectivity index (χ2v) is 4.85. The summed E-state index contributed by atoms with van der Waals surface area (Å²) in [5.41, 5.74) is 0.223. The van der Waals surface area contributed by atoms with Crippen LogP contribution in [0.25, 0.3) is 0 Å². The molecule has 0 unspecified atom stereocenters. The highest BCUT2D eigenvalue weighted by Gasteiger charge is 2.22. The highest BCUT2D eigenvalue weighted by Crippen LogP contribution is 2.31. The monoisotopic (exact) mass is 326 g/mol. The molecule has 0 aliphatic heterocycles. The Balaban J connectivity index is 2.57. The Bertz CT molecular complexity index is 740. The number of carbonyl (C=O) groups excluding carboxylic acids is 2. The van der Waals surface area contributed by atoms with Crippen LogP contribution in [-0.2, 0) is 6.54 Å². The molecule has 0 aliphatic rings. The summed E-state index contributed by atoms with van der Waals surface area (Å²) in [4.78, 5) is 32.5. The maximum Gasteiger partial charge on any atom is 0.274 e. The first-order chi connectivity index (χ1) is 10.0. The summed E-state index contributed by atoms with van der Waals surface area (Å²) in [6, 6.07) is 6.04. The Morgan fingerprint density at radius 1 is 1.19 bits per heavy atom. The standard InChI is InChI=1S/C13H8Cl2N2O4/c14-12-9(6-18)13(15)16(11(12)7-19)5-8-3-1-2-4-10(8)17(20)21/h1-4,6-7H,5H2. The topological polar surface area (TPSA) is 82.2 Å². The van der Waals surface area contributed by atoms with Gasteiger partial charge in [0.2, 0.25) is 0 Å². The maximum atomic E-state index is 11.1. The van der Waals surface area contributed by atoms with Crippen molar-refractivity contribution in [3.05, 3.63) is 61.4 Å². The van der Waals surface area contributed by atoms with Crippen molar-refractivity contribution in [2.45, 2.75) is 6.54 Å². The van der Waals surface area contributed by atoms with E-state index in [9.17, 15) is 19.7 Å². The van der Waals surface area contributed by atoms with Crippen molar-refractivity contribution in [1.29, 1.82) is 0 Å². The van der Waals surface area contributed by atoms with E-state index >= 15 is 0 Å². The van der Waals surface area contributed by atoms with Crippen molar-refractivity contribution >= 4 is 41.5 Å². The van der Waals surface area contributed by atoms with Crippen molar-refractivity contribution < 1.29 is 14.5 Å². The van der Waals surface area contributed by atoms with Crippen molar-refractivity contribution in [2.24, 2.45) is 0 Å². The molecule has 2 rings (SSSR count). The molecule has 0 fully saturated rings. The van der Waals surface area contributed by atoms with E-state index in [0.29, 0.717) is 18.1 Å².